The number of carbonyl (C=O) groups excluding carboxylic acids is 1. The second-order valence-corrected chi connectivity index (χ2v) is 4.13. The van der Waals surface area contributed by atoms with Crippen LogP contribution in [0.25, 0.3) is 0 Å². The highest BCUT2D eigenvalue weighted by Crippen LogP contribution is 2.35. The first kappa shape index (κ1) is 13.1. The van der Waals surface area contributed by atoms with Crippen LogP contribution in [0.4, 0.5) is 11.4 Å². The number of nitro benzene ring substituents is 1. The first-order chi connectivity index (χ1) is 9.08. The van der Waals surface area contributed by atoms with Crippen molar-refractivity contribution in [2.24, 2.45) is 0 Å². The summed E-state index contributed by atoms with van der Waals surface area (Å²) in [6, 6.07) is 4.27. The van der Waals surface area contributed by atoms with Gasteiger partial charge in [0.25, 0.3) is 0 Å². The van der Waals surface area contributed by atoms with Gasteiger partial charge < -0.3 is 14.4 Å². The Bertz CT molecular complexity index is 517. The molecule has 0 aromatic heterocycles. The predicted octanol–water partition coefficient (Wildman–Crippen LogP) is 1.36. The van der Waals surface area contributed by atoms with Gasteiger partial charge in [-0.25, -0.2) is 4.79 Å². The van der Waals surface area contributed by atoms with Crippen LogP contribution in [0.5, 0.6) is 5.75 Å². The number of carbonyl (C=O) groups is 1. The monoisotopic (exact) mass is 266 g/mol. The van der Waals surface area contributed by atoms with Gasteiger partial charge in [0.15, 0.2) is 5.75 Å². The van der Waals surface area contributed by atoms with E-state index >= 15 is 0 Å². The molecule has 0 N–H and O–H groups in total. The minimum atomic E-state index is -0.505. The Hall–Kier alpha value is -2.31. The second-order valence-electron chi connectivity index (χ2n) is 4.13. The van der Waals surface area contributed by atoms with Gasteiger partial charge in [0.05, 0.1) is 19.1 Å². The van der Waals surface area contributed by atoms with Crippen LogP contribution in [0.1, 0.15) is 6.42 Å². The summed E-state index contributed by atoms with van der Waals surface area (Å²) in [7, 11) is 2.71. The maximum atomic E-state index is 11.5. The maximum Gasteiger partial charge on any atom is 0.328 e. The van der Waals surface area contributed by atoms with Crippen LogP contribution in [-0.4, -0.2) is 37.7 Å². The zero-order valence-corrected chi connectivity index (χ0v) is 10.7. The highest BCUT2D eigenvalue weighted by Gasteiger charge is 2.36. The lowest BCUT2D eigenvalue weighted by Crippen LogP contribution is -2.53. The molecule has 1 unspecified atom stereocenters. The van der Waals surface area contributed by atoms with E-state index in [-0.39, 0.29) is 23.4 Å². The number of hydrogen-bond donors (Lipinski definition) is 0. The molecule has 1 aliphatic rings. The number of benzene rings is 1. The fourth-order valence-electron chi connectivity index (χ4n) is 2.08. The van der Waals surface area contributed by atoms with Crippen molar-refractivity contribution in [3.05, 3.63) is 28.3 Å². The molecule has 1 saturated heterocycles. The highest BCUT2D eigenvalue weighted by molar-refractivity contribution is 5.82. The standard InChI is InChI=1S/C12H14N2O5/c1-18-11-4-3-8(7-10(11)14(16)17)13-6-5-9(13)12(15)19-2/h3-4,7,9H,5-6H2,1-2H3. The lowest BCUT2D eigenvalue weighted by atomic mass is 10.0. The summed E-state index contributed by atoms with van der Waals surface area (Å²) in [5, 5.41) is 10.9. The van der Waals surface area contributed by atoms with Crippen molar-refractivity contribution in [1.29, 1.82) is 0 Å². The third-order valence-electron chi connectivity index (χ3n) is 3.18. The Kier molecular flexibility index (Phi) is 3.55. The summed E-state index contributed by atoms with van der Waals surface area (Å²) in [5.41, 5.74) is 0.504. The van der Waals surface area contributed by atoms with Crippen molar-refractivity contribution >= 4 is 17.3 Å². The summed E-state index contributed by atoms with van der Waals surface area (Å²) in [5.74, 6) is -0.131. The number of esters is 1. The molecule has 1 aliphatic heterocycles. The quantitative estimate of drug-likeness (QED) is 0.465. The van der Waals surface area contributed by atoms with Crippen molar-refractivity contribution < 1.29 is 19.2 Å². The van der Waals surface area contributed by atoms with Gasteiger partial charge in [-0.05, 0) is 18.6 Å². The molecule has 0 bridgehead atoms. The van der Waals surface area contributed by atoms with E-state index in [1.807, 2.05) is 0 Å². The Labute approximate surface area is 109 Å². The largest absolute Gasteiger partial charge is 0.490 e. The molecule has 19 heavy (non-hydrogen) atoms. The second kappa shape index (κ2) is 5.13. The van der Waals surface area contributed by atoms with Crippen LogP contribution in [-0.2, 0) is 9.53 Å². The van der Waals surface area contributed by atoms with E-state index < -0.39 is 4.92 Å². The highest BCUT2D eigenvalue weighted by atomic mass is 16.6. The fraction of sp³-hybridized carbons (Fsp3) is 0.417. The van der Waals surface area contributed by atoms with Crippen molar-refractivity contribution in [3.8, 4) is 5.75 Å². The third-order valence-corrected chi connectivity index (χ3v) is 3.18. The molecule has 0 radical (unpaired) electrons. The van der Waals surface area contributed by atoms with Crippen LogP contribution < -0.4 is 9.64 Å². The first-order valence-corrected chi connectivity index (χ1v) is 5.75. The van der Waals surface area contributed by atoms with Crippen LogP contribution in [0.15, 0.2) is 18.2 Å². The Morgan fingerprint density at radius 2 is 2.21 bits per heavy atom. The molecule has 1 aromatic rings. The zero-order valence-electron chi connectivity index (χ0n) is 10.7. The van der Waals surface area contributed by atoms with Gasteiger partial charge >= 0.3 is 11.7 Å². The number of nitrogens with zero attached hydrogens (tertiary/aromatic N) is 2. The maximum absolute atomic E-state index is 11.5. The first-order valence-electron chi connectivity index (χ1n) is 5.75. The molecule has 1 heterocycles. The van der Waals surface area contributed by atoms with Crippen molar-refractivity contribution in [2.75, 3.05) is 25.7 Å². The Morgan fingerprint density at radius 3 is 2.68 bits per heavy atom. The number of ether oxygens (including phenoxy) is 2. The van der Waals surface area contributed by atoms with Gasteiger partial charge in [-0.1, -0.05) is 0 Å². The zero-order chi connectivity index (χ0) is 14.0. The molecule has 0 spiro atoms. The van der Waals surface area contributed by atoms with E-state index in [4.69, 9.17) is 4.74 Å². The molecule has 0 saturated carbocycles. The number of anilines is 1. The van der Waals surface area contributed by atoms with E-state index in [0.717, 1.165) is 0 Å². The number of rotatable bonds is 4. The third kappa shape index (κ3) is 2.31. The number of methoxy groups -OCH3 is 2. The van der Waals surface area contributed by atoms with Gasteiger partial charge in [0.2, 0.25) is 0 Å². The molecule has 0 aliphatic carbocycles. The van der Waals surface area contributed by atoms with Gasteiger partial charge in [-0.2, -0.15) is 0 Å². The van der Waals surface area contributed by atoms with Crippen molar-refractivity contribution in [3.63, 3.8) is 0 Å². The van der Waals surface area contributed by atoms with E-state index in [9.17, 15) is 14.9 Å². The lowest BCUT2D eigenvalue weighted by Gasteiger charge is -2.40. The van der Waals surface area contributed by atoms with Crippen LogP contribution in [0.2, 0.25) is 0 Å². The van der Waals surface area contributed by atoms with Crippen molar-refractivity contribution in [2.45, 2.75) is 12.5 Å². The SMILES string of the molecule is COC(=O)C1CCN1c1ccc(OC)c([N+](=O)[O-])c1. The van der Waals surface area contributed by atoms with Gasteiger partial charge in [-0.15, -0.1) is 0 Å². The predicted molar refractivity (Wildman–Crippen MR) is 67.4 cm³/mol. The van der Waals surface area contributed by atoms with Crippen LogP contribution in [0.3, 0.4) is 0 Å². The molecule has 1 atom stereocenters. The Morgan fingerprint density at radius 1 is 1.47 bits per heavy atom. The molecule has 0 amide bonds. The molecule has 102 valence electrons. The van der Waals surface area contributed by atoms with Crippen molar-refractivity contribution in [1.82, 2.24) is 0 Å². The Balaban J connectivity index is 2.29. The minimum Gasteiger partial charge on any atom is -0.490 e. The summed E-state index contributed by atoms with van der Waals surface area (Å²) >= 11 is 0. The topological polar surface area (TPSA) is 81.9 Å². The summed E-state index contributed by atoms with van der Waals surface area (Å²) in [6.07, 6.45) is 0.687. The summed E-state index contributed by atoms with van der Waals surface area (Å²) in [4.78, 5) is 23.7. The van der Waals surface area contributed by atoms with Gasteiger partial charge in [0, 0.05) is 18.3 Å². The normalized spacial score (nSPS) is 17.6. The molecule has 1 aromatic carbocycles. The fourth-order valence-corrected chi connectivity index (χ4v) is 2.08. The summed E-state index contributed by atoms with van der Waals surface area (Å²) < 4.78 is 9.63. The number of nitro groups is 1. The minimum absolute atomic E-state index is 0.115. The molecular weight excluding hydrogens is 252 g/mol. The van der Waals surface area contributed by atoms with Crippen LogP contribution in [0, 0.1) is 10.1 Å². The molecule has 7 nitrogen and oxygen atoms in total. The van der Waals surface area contributed by atoms with E-state index in [1.165, 1.54) is 26.4 Å². The molecule has 2 rings (SSSR count). The number of hydrogen-bond acceptors (Lipinski definition) is 6. The molecule has 1 fully saturated rings. The molecular formula is C12H14N2O5. The molecule has 7 heteroatoms. The van der Waals surface area contributed by atoms with E-state index in [1.54, 1.807) is 11.0 Å². The smallest absolute Gasteiger partial charge is 0.328 e. The van der Waals surface area contributed by atoms with E-state index in [2.05, 4.69) is 4.74 Å². The average Bonchev–Trinajstić information content (AvgIpc) is 2.37. The van der Waals surface area contributed by atoms with Gasteiger partial charge in [-0.3, -0.25) is 10.1 Å². The van der Waals surface area contributed by atoms with Gasteiger partial charge in [0.1, 0.15) is 6.04 Å². The van der Waals surface area contributed by atoms with Crippen LogP contribution >= 0.6 is 0 Å². The average molecular weight is 266 g/mol. The lowest BCUT2D eigenvalue weighted by molar-refractivity contribution is -0.385. The van der Waals surface area contributed by atoms with E-state index in [0.29, 0.717) is 18.7 Å². The summed E-state index contributed by atoms with van der Waals surface area (Å²) in [6.45, 7) is 0.670.